The van der Waals surface area contributed by atoms with Gasteiger partial charge in [0.1, 0.15) is 4.90 Å². The molecule has 0 fully saturated rings. The smallest absolute Gasteiger partial charge is 0.311 e. The van der Waals surface area contributed by atoms with Crippen LogP contribution in [0, 0.1) is 17.5 Å². The Balaban J connectivity index is 2.33. The lowest BCUT2D eigenvalue weighted by Gasteiger charge is -2.07. The lowest BCUT2D eigenvalue weighted by atomic mass is 10.1. The standard InChI is InChI=1S/C13H11F3N2O4S2/c1-2-6(12(19)20)8-5-17-13(23-8)18-24(21,22)9-4-3-7(14)10(15)11(9)16/h3-6H,2H2,1H3,(H,17,18)(H,19,20). The number of halogens is 3. The van der Waals surface area contributed by atoms with E-state index in [-0.39, 0.29) is 11.6 Å². The highest BCUT2D eigenvalue weighted by Crippen LogP contribution is 2.30. The number of benzene rings is 1. The van der Waals surface area contributed by atoms with Gasteiger partial charge in [-0.2, -0.15) is 0 Å². The molecule has 1 aromatic carbocycles. The van der Waals surface area contributed by atoms with Gasteiger partial charge >= 0.3 is 5.97 Å². The van der Waals surface area contributed by atoms with E-state index in [0.29, 0.717) is 17.0 Å². The Bertz CT molecular complexity index is 883. The lowest BCUT2D eigenvalue weighted by molar-refractivity contribution is -0.138. The van der Waals surface area contributed by atoms with Crippen molar-refractivity contribution < 1.29 is 31.5 Å². The van der Waals surface area contributed by atoms with Crippen molar-refractivity contribution in [2.24, 2.45) is 0 Å². The average Bonchev–Trinajstić information content (AvgIpc) is 2.92. The van der Waals surface area contributed by atoms with E-state index in [2.05, 4.69) is 4.98 Å². The minimum Gasteiger partial charge on any atom is -0.481 e. The molecule has 0 saturated carbocycles. The maximum Gasteiger partial charge on any atom is 0.311 e. The van der Waals surface area contributed by atoms with Crippen LogP contribution in [0.25, 0.3) is 0 Å². The van der Waals surface area contributed by atoms with Crippen LogP contribution in [0.4, 0.5) is 18.3 Å². The summed E-state index contributed by atoms with van der Waals surface area (Å²) in [4.78, 5) is 14.0. The van der Waals surface area contributed by atoms with E-state index in [4.69, 9.17) is 5.11 Å². The molecule has 0 saturated heterocycles. The first kappa shape index (κ1) is 18.2. The molecule has 0 aliphatic rings. The second-order valence-corrected chi connectivity index (χ2v) is 7.36. The molecule has 0 spiro atoms. The molecule has 130 valence electrons. The lowest BCUT2D eigenvalue weighted by Crippen LogP contribution is -2.15. The molecular weight excluding hydrogens is 369 g/mol. The number of carboxylic acid groups (broad SMARTS) is 1. The molecule has 2 rings (SSSR count). The van der Waals surface area contributed by atoms with Gasteiger partial charge < -0.3 is 5.11 Å². The molecule has 6 nitrogen and oxygen atoms in total. The van der Waals surface area contributed by atoms with Gasteiger partial charge in [-0.05, 0) is 18.6 Å². The van der Waals surface area contributed by atoms with Crippen LogP contribution < -0.4 is 4.72 Å². The van der Waals surface area contributed by atoms with Crippen molar-refractivity contribution >= 4 is 32.5 Å². The summed E-state index contributed by atoms with van der Waals surface area (Å²) in [5.41, 5.74) is 0. The third kappa shape index (κ3) is 3.51. The Labute approximate surface area is 139 Å². The summed E-state index contributed by atoms with van der Waals surface area (Å²) < 4.78 is 65.8. The maximum atomic E-state index is 13.6. The van der Waals surface area contributed by atoms with Crippen LogP contribution in [0.2, 0.25) is 0 Å². The molecule has 1 atom stereocenters. The molecule has 0 bridgehead atoms. The Hall–Kier alpha value is -2.14. The van der Waals surface area contributed by atoms with Gasteiger partial charge in [-0.1, -0.05) is 6.92 Å². The molecule has 11 heteroatoms. The number of aliphatic carboxylic acids is 1. The Morgan fingerprint density at radius 1 is 1.33 bits per heavy atom. The first-order chi connectivity index (χ1) is 11.2. The van der Waals surface area contributed by atoms with Crippen LogP contribution in [0.1, 0.15) is 24.1 Å². The summed E-state index contributed by atoms with van der Waals surface area (Å²) in [6.07, 6.45) is 1.45. The van der Waals surface area contributed by atoms with E-state index in [0.717, 1.165) is 11.3 Å². The van der Waals surface area contributed by atoms with Gasteiger partial charge in [0.2, 0.25) is 0 Å². The monoisotopic (exact) mass is 380 g/mol. The molecular formula is C13H11F3N2O4S2. The number of aromatic nitrogens is 1. The summed E-state index contributed by atoms with van der Waals surface area (Å²) in [7, 11) is -4.55. The number of hydrogen-bond acceptors (Lipinski definition) is 5. The van der Waals surface area contributed by atoms with Crippen LogP contribution in [0.3, 0.4) is 0 Å². The molecule has 24 heavy (non-hydrogen) atoms. The zero-order chi connectivity index (χ0) is 18.1. The number of nitrogens with one attached hydrogen (secondary N) is 1. The van der Waals surface area contributed by atoms with E-state index in [1.807, 2.05) is 4.72 Å². The van der Waals surface area contributed by atoms with Crippen molar-refractivity contribution in [1.82, 2.24) is 4.98 Å². The fourth-order valence-electron chi connectivity index (χ4n) is 1.88. The highest BCUT2D eigenvalue weighted by molar-refractivity contribution is 7.93. The first-order valence-corrected chi connectivity index (χ1v) is 8.82. The molecule has 0 aliphatic heterocycles. The summed E-state index contributed by atoms with van der Waals surface area (Å²) >= 11 is 0.756. The van der Waals surface area contributed by atoms with Crippen molar-refractivity contribution in [3.05, 3.63) is 40.7 Å². The van der Waals surface area contributed by atoms with Gasteiger partial charge in [-0.15, -0.1) is 11.3 Å². The summed E-state index contributed by atoms with van der Waals surface area (Å²) in [5, 5.41) is 8.84. The number of anilines is 1. The Morgan fingerprint density at radius 2 is 2.00 bits per heavy atom. The second-order valence-electron chi connectivity index (χ2n) is 4.65. The van der Waals surface area contributed by atoms with Gasteiger partial charge in [0.05, 0.1) is 5.92 Å². The predicted molar refractivity (Wildman–Crippen MR) is 79.9 cm³/mol. The van der Waals surface area contributed by atoms with Crippen LogP contribution in [0.15, 0.2) is 23.2 Å². The third-order valence-corrected chi connectivity index (χ3v) is 5.60. The number of carbonyl (C=O) groups is 1. The molecule has 2 N–H and O–H groups in total. The number of carboxylic acids is 1. The minimum atomic E-state index is -4.55. The zero-order valence-corrected chi connectivity index (χ0v) is 13.7. The van der Waals surface area contributed by atoms with Gasteiger partial charge in [-0.3, -0.25) is 9.52 Å². The van der Waals surface area contributed by atoms with Crippen LogP contribution in [-0.4, -0.2) is 24.5 Å². The SMILES string of the molecule is CCC(C(=O)O)c1cnc(NS(=O)(=O)c2ccc(F)c(F)c2F)s1. The third-order valence-electron chi connectivity index (χ3n) is 3.08. The molecule has 1 heterocycles. The largest absolute Gasteiger partial charge is 0.481 e. The molecule has 0 radical (unpaired) electrons. The summed E-state index contributed by atoms with van der Waals surface area (Å²) in [6.45, 7) is 1.64. The number of nitrogens with zero attached hydrogens (tertiary/aromatic N) is 1. The first-order valence-electron chi connectivity index (χ1n) is 6.52. The Morgan fingerprint density at radius 3 is 2.58 bits per heavy atom. The average molecular weight is 380 g/mol. The van der Waals surface area contributed by atoms with Gasteiger partial charge in [0, 0.05) is 11.1 Å². The van der Waals surface area contributed by atoms with Gasteiger partial charge in [0.25, 0.3) is 10.0 Å². The number of rotatable bonds is 6. The molecule has 0 amide bonds. The van der Waals surface area contributed by atoms with Gasteiger partial charge in [0.15, 0.2) is 22.6 Å². The van der Waals surface area contributed by atoms with Crippen molar-refractivity contribution in [3.63, 3.8) is 0 Å². The highest BCUT2D eigenvalue weighted by atomic mass is 32.2. The summed E-state index contributed by atoms with van der Waals surface area (Å²) in [5.74, 6) is -7.23. The molecule has 1 unspecified atom stereocenters. The molecule has 1 aromatic heterocycles. The highest BCUT2D eigenvalue weighted by Gasteiger charge is 2.26. The topological polar surface area (TPSA) is 96.4 Å². The fraction of sp³-hybridized carbons (Fsp3) is 0.231. The van der Waals surface area contributed by atoms with E-state index in [1.54, 1.807) is 6.92 Å². The second kappa shape index (κ2) is 6.77. The van der Waals surface area contributed by atoms with Crippen molar-refractivity contribution in [3.8, 4) is 0 Å². The van der Waals surface area contributed by atoms with Gasteiger partial charge in [-0.25, -0.2) is 26.6 Å². The fourth-order valence-corrected chi connectivity index (χ4v) is 4.18. The van der Waals surface area contributed by atoms with Crippen LogP contribution in [0.5, 0.6) is 0 Å². The van der Waals surface area contributed by atoms with Crippen LogP contribution >= 0.6 is 11.3 Å². The van der Waals surface area contributed by atoms with E-state index >= 15 is 0 Å². The quantitative estimate of drug-likeness (QED) is 0.751. The van der Waals surface area contributed by atoms with E-state index < -0.39 is 44.3 Å². The van der Waals surface area contributed by atoms with E-state index in [1.165, 1.54) is 6.20 Å². The normalized spacial score (nSPS) is 12.8. The van der Waals surface area contributed by atoms with Crippen molar-refractivity contribution in [2.45, 2.75) is 24.2 Å². The predicted octanol–water partition coefficient (Wildman–Crippen LogP) is 2.94. The maximum absolute atomic E-state index is 13.6. The number of sulfonamides is 1. The summed E-state index contributed by atoms with van der Waals surface area (Å²) in [6, 6.07) is 1.06. The van der Waals surface area contributed by atoms with Crippen molar-refractivity contribution in [1.29, 1.82) is 0 Å². The number of thiazole rings is 1. The number of hydrogen-bond donors (Lipinski definition) is 2. The zero-order valence-electron chi connectivity index (χ0n) is 12.1. The van der Waals surface area contributed by atoms with Crippen molar-refractivity contribution in [2.75, 3.05) is 4.72 Å². The molecule has 0 aliphatic carbocycles. The van der Waals surface area contributed by atoms with E-state index in [9.17, 15) is 26.4 Å². The van der Waals surface area contributed by atoms with Crippen LogP contribution in [-0.2, 0) is 14.8 Å². The Kier molecular flexibility index (Phi) is 5.13. The minimum absolute atomic E-state index is 0.214. The molecule has 2 aromatic rings.